The number of carbonyl (C=O) groups is 1. The molecule has 3 N–H and O–H groups in total. The maximum Gasteiger partial charge on any atom is 0.333 e. The quantitative estimate of drug-likeness (QED) is 0.459. The molecule has 11 heteroatoms. The van der Waals surface area contributed by atoms with Crippen molar-refractivity contribution >= 4 is 43.9 Å². The van der Waals surface area contributed by atoms with Crippen molar-refractivity contribution in [2.75, 3.05) is 10.8 Å². The Morgan fingerprint density at radius 3 is 2.67 bits per heavy atom. The number of hydrogen-bond donors (Lipinski definition) is 2. The highest BCUT2D eigenvalue weighted by Gasteiger charge is 2.29. The van der Waals surface area contributed by atoms with Gasteiger partial charge in [0.05, 0.1) is 27.2 Å². The summed E-state index contributed by atoms with van der Waals surface area (Å²) in [4.78, 5) is 40.1. The number of aromatic nitrogens is 2. The highest BCUT2D eigenvalue weighted by Crippen LogP contribution is 2.32. The smallest absolute Gasteiger partial charge is 0.333 e. The lowest BCUT2D eigenvalue weighted by Gasteiger charge is -2.30. The first-order valence-electron chi connectivity index (χ1n) is 10.1. The summed E-state index contributed by atoms with van der Waals surface area (Å²) >= 11 is 0.957. The average Bonchev–Trinajstić information content (AvgIpc) is 3.23. The number of nitrogens with two attached hydrogens (primary N) is 1. The summed E-state index contributed by atoms with van der Waals surface area (Å²) in [6.45, 7) is 0.326. The Morgan fingerprint density at radius 2 is 1.88 bits per heavy atom. The number of carbonyl (C=O) groups excluding carboxylic acids is 1. The van der Waals surface area contributed by atoms with Crippen LogP contribution in [0.3, 0.4) is 0 Å². The van der Waals surface area contributed by atoms with Crippen molar-refractivity contribution in [2.24, 2.45) is 5.73 Å². The number of nitrogens with one attached hydrogen (secondary N) is 1. The minimum atomic E-state index is -3.95. The van der Waals surface area contributed by atoms with E-state index in [9.17, 15) is 22.8 Å². The van der Waals surface area contributed by atoms with Gasteiger partial charge in [-0.1, -0.05) is 24.3 Å². The fraction of sp³-hybridized carbons (Fsp3) is 0.136. The van der Waals surface area contributed by atoms with E-state index in [0.717, 1.165) is 27.9 Å². The van der Waals surface area contributed by atoms with Gasteiger partial charge in [-0.25, -0.2) is 17.8 Å². The standard InChI is InChI=1S/C22H18N4O5S2/c23-20(27)19-18-16(12-32-19)24-22(29)26(21(18)28)14-7-3-8-15(11-14)33(30,31)25-10-4-6-13-5-1-2-9-17(13)25/h1-3,5,7-9,11-12H,4,6,10H2,(H2,23,27)(H,24,29). The van der Waals surface area contributed by atoms with Crippen LogP contribution in [0.1, 0.15) is 21.7 Å². The molecular weight excluding hydrogens is 464 g/mol. The van der Waals surface area contributed by atoms with E-state index < -0.39 is 27.2 Å². The highest BCUT2D eigenvalue weighted by atomic mass is 32.2. The van der Waals surface area contributed by atoms with Crippen molar-refractivity contribution in [2.45, 2.75) is 17.7 Å². The number of fused-ring (bicyclic) bond motifs is 2. The van der Waals surface area contributed by atoms with Gasteiger partial charge in [-0.2, -0.15) is 0 Å². The van der Waals surface area contributed by atoms with Crippen LogP contribution in [0, 0.1) is 0 Å². The molecule has 9 nitrogen and oxygen atoms in total. The van der Waals surface area contributed by atoms with Crippen molar-refractivity contribution in [1.82, 2.24) is 9.55 Å². The van der Waals surface area contributed by atoms with E-state index in [4.69, 9.17) is 5.73 Å². The van der Waals surface area contributed by atoms with E-state index in [1.807, 2.05) is 12.1 Å². The van der Waals surface area contributed by atoms with E-state index in [0.29, 0.717) is 18.7 Å². The van der Waals surface area contributed by atoms with Crippen LogP contribution in [-0.4, -0.2) is 30.4 Å². The molecule has 5 rings (SSSR count). The molecule has 0 unspecified atom stereocenters. The van der Waals surface area contributed by atoms with Gasteiger partial charge in [0.25, 0.3) is 21.5 Å². The molecule has 0 atom stereocenters. The number of aromatic amines is 1. The lowest BCUT2D eigenvalue weighted by Crippen LogP contribution is -2.36. The lowest BCUT2D eigenvalue weighted by atomic mass is 10.0. The highest BCUT2D eigenvalue weighted by molar-refractivity contribution is 7.92. The molecule has 4 aromatic rings. The number of thiophene rings is 1. The van der Waals surface area contributed by atoms with Crippen molar-refractivity contribution in [1.29, 1.82) is 0 Å². The Kier molecular flexibility index (Phi) is 4.94. The molecule has 0 saturated heterocycles. The van der Waals surface area contributed by atoms with Crippen molar-refractivity contribution in [3.63, 3.8) is 0 Å². The van der Waals surface area contributed by atoms with Crippen LogP contribution in [0.5, 0.6) is 0 Å². The third kappa shape index (κ3) is 3.36. The molecule has 0 fully saturated rings. The fourth-order valence-electron chi connectivity index (χ4n) is 4.11. The molecule has 2 aromatic heterocycles. The summed E-state index contributed by atoms with van der Waals surface area (Å²) in [5.41, 5.74) is 5.70. The van der Waals surface area contributed by atoms with Crippen molar-refractivity contribution in [3.05, 3.63) is 85.2 Å². The van der Waals surface area contributed by atoms with E-state index >= 15 is 0 Å². The second kappa shape index (κ2) is 7.71. The largest absolute Gasteiger partial charge is 0.365 e. The molecule has 3 heterocycles. The van der Waals surface area contributed by atoms with Crippen LogP contribution in [0.4, 0.5) is 5.69 Å². The summed E-state index contributed by atoms with van der Waals surface area (Å²) in [5, 5.41) is 1.46. The van der Waals surface area contributed by atoms with Gasteiger partial charge in [0, 0.05) is 11.9 Å². The molecule has 0 aliphatic carbocycles. The number of primary amides is 1. The maximum absolute atomic E-state index is 13.5. The molecule has 1 aliphatic rings. The molecule has 0 bridgehead atoms. The van der Waals surface area contributed by atoms with Gasteiger partial charge in [-0.3, -0.25) is 13.9 Å². The Hall–Kier alpha value is -3.70. The monoisotopic (exact) mass is 482 g/mol. The Bertz CT molecular complexity index is 1650. The van der Waals surface area contributed by atoms with Crippen LogP contribution >= 0.6 is 11.3 Å². The predicted molar refractivity (Wildman–Crippen MR) is 126 cm³/mol. The number of sulfonamides is 1. The topological polar surface area (TPSA) is 135 Å². The van der Waals surface area contributed by atoms with Crippen LogP contribution in [0.25, 0.3) is 16.6 Å². The molecule has 1 amide bonds. The van der Waals surface area contributed by atoms with Crippen LogP contribution in [0.2, 0.25) is 0 Å². The fourth-order valence-corrected chi connectivity index (χ4v) is 6.54. The number of aryl methyl sites for hydroxylation is 1. The molecule has 2 aromatic carbocycles. The molecule has 0 saturated carbocycles. The second-order valence-electron chi connectivity index (χ2n) is 7.60. The summed E-state index contributed by atoms with van der Waals surface area (Å²) in [6, 6.07) is 13.0. The van der Waals surface area contributed by atoms with Gasteiger partial charge in [0.15, 0.2) is 0 Å². The number of nitrogens with zero attached hydrogens (tertiary/aromatic N) is 2. The average molecular weight is 483 g/mol. The molecule has 0 radical (unpaired) electrons. The van der Waals surface area contributed by atoms with Gasteiger partial charge < -0.3 is 10.7 Å². The number of amides is 1. The third-order valence-corrected chi connectivity index (χ3v) is 8.41. The van der Waals surface area contributed by atoms with Gasteiger partial charge in [0.2, 0.25) is 0 Å². The normalized spacial score (nSPS) is 13.8. The number of para-hydroxylation sites is 1. The Balaban J connectivity index is 1.67. The molecule has 33 heavy (non-hydrogen) atoms. The van der Waals surface area contributed by atoms with Gasteiger partial charge in [-0.15, -0.1) is 11.3 Å². The SMILES string of the molecule is NC(=O)c1scc2[nH]c(=O)n(-c3cccc(S(=O)(=O)N4CCCc5ccccc54)c3)c(=O)c12. The maximum atomic E-state index is 13.5. The molecular formula is C22H18N4O5S2. The number of hydrogen-bond acceptors (Lipinski definition) is 6. The summed E-state index contributed by atoms with van der Waals surface area (Å²) in [7, 11) is -3.95. The molecule has 1 aliphatic heterocycles. The number of rotatable bonds is 4. The third-order valence-electron chi connectivity index (χ3n) is 5.61. The lowest BCUT2D eigenvalue weighted by molar-refractivity contribution is 0.101. The number of benzene rings is 2. The van der Waals surface area contributed by atoms with Crippen LogP contribution < -0.4 is 21.3 Å². The Morgan fingerprint density at radius 1 is 1.09 bits per heavy atom. The van der Waals surface area contributed by atoms with Gasteiger partial charge in [0.1, 0.15) is 4.88 Å². The van der Waals surface area contributed by atoms with Crippen molar-refractivity contribution in [3.8, 4) is 5.69 Å². The summed E-state index contributed by atoms with van der Waals surface area (Å²) in [5.74, 6) is -0.786. The first-order chi connectivity index (χ1) is 15.8. The van der Waals surface area contributed by atoms with Gasteiger partial charge in [-0.05, 0) is 42.7 Å². The van der Waals surface area contributed by atoms with Crippen LogP contribution in [0.15, 0.2) is 68.4 Å². The van der Waals surface area contributed by atoms with Gasteiger partial charge >= 0.3 is 5.69 Å². The van der Waals surface area contributed by atoms with E-state index in [1.165, 1.54) is 34.0 Å². The second-order valence-corrected chi connectivity index (χ2v) is 10.3. The van der Waals surface area contributed by atoms with E-state index in [1.54, 1.807) is 12.1 Å². The summed E-state index contributed by atoms with van der Waals surface area (Å²) in [6.07, 6.45) is 1.47. The predicted octanol–water partition coefficient (Wildman–Crippen LogP) is 1.98. The minimum absolute atomic E-state index is 0.00896. The van der Waals surface area contributed by atoms with Crippen molar-refractivity contribution < 1.29 is 13.2 Å². The minimum Gasteiger partial charge on any atom is -0.365 e. The van der Waals surface area contributed by atoms with E-state index in [2.05, 4.69) is 4.98 Å². The first kappa shape index (κ1) is 21.2. The number of anilines is 1. The molecule has 0 spiro atoms. The molecule has 168 valence electrons. The zero-order valence-electron chi connectivity index (χ0n) is 17.1. The first-order valence-corrected chi connectivity index (χ1v) is 12.4. The van der Waals surface area contributed by atoms with Crippen LogP contribution in [-0.2, 0) is 16.4 Å². The number of H-pyrrole nitrogens is 1. The Labute approximate surface area is 191 Å². The summed E-state index contributed by atoms with van der Waals surface area (Å²) < 4.78 is 29.2. The zero-order valence-corrected chi connectivity index (χ0v) is 18.8. The zero-order chi connectivity index (χ0) is 23.3. The van der Waals surface area contributed by atoms with E-state index in [-0.39, 0.29) is 26.4 Å².